The Hall–Kier alpha value is -0.774. The van der Waals surface area contributed by atoms with E-state index in [-0.39, 0.29) is 69.1 Å². The first-order valence-corrected chi connectivity index (χ1v) is 6.64. The van der Waals surface area contributed by atoms with Crippen LogP contribution in [0.25, 0.3) is 0 Å². The number of hydrogen-bond acceptors (Lipinski definition) is 5. The van der Waals surface area contributed by atoms with E-state index in [4.69, 9.17) is 4.18 Å². The Kier molecular flexibility index (Phi) is 6.30. The molecule has 20 heavy (non-hydrogen) atoms. The van der Waals surface area contributed by atoms with E-state index in [0.29, 0.717) is 0 Å². The summed E-state index contributed by atoms with van der Waals surface area (Å²) in [5, 5.41) is 10.5. The molecule has 0 aliphatic rings. The van der Waals surface area contributed by atoms with E-state index in [1.807, 2.05) is 0 Å². The van der Waals surface area contributed by atoms with Gasteiger partial charge in [-0.2, -0.15) is 8.42 Å². The van der Waals surface area contributed by atoms with Crippen molar-refractivity contribution in [1.29, 1.82) is 0 Å². The molecular weight excluding hydrogens is 309 g/mol. The summed E-state index contributed by atoms with van der Waals surface area (Å²) in [6.07, 6.45) is 0. The number of hydrogen-bond donors (Lipinski definition) is 0. The molecule has 0 spiro atoms. The summed E-state index contributed by atoms with van der Waals surface area (Å²) in [6.45, 7) is 0. The molecule has 0 aromatic heterocycles. The number of nitrogens with zero attached hydrogens (tertiary/aromatic N) is 1. The molecule has 0 heterocycles. The van der Waals surface area contributed by atoms with Gasteiger partial charge in [-0.3, -0.25) is 10.1 Å². The van der Waals surface area contributed by atoms with E-state index >= 15 is 0 Å². The zero-order valence-electron chi connectivity index (χ0n) is 11.6. The van der Waals surface area contributed by atoms with Crippen LogP contribution in [0.1, 0.15) is 1.43 Å². The standard InChI is InChI=1S/C12H9NO5S.K.H/c14-13(15)10-6-8-11(9-7-10)18-19(16,17)12-4-2-1-3-5-12;;/h1-9H;;/q;+1;-1. The number of nitro benzene ring substituents is 1. The topological polar surface area (TPSA) is 86.5 Å². The fraction of sp³-hybridized carbons (Fsp3) is 0. The Morgan fingerprint density at radius 2 is 1.55 bits per heavy atom. The molecule has 0 bridgehead atoms. The van der Waals surface area contributed by atoms with Crippen LogP contribution in [0.5, 0.6) is 5.75 Å². The van der Waals surface area contributed by atoms with Crippen LogP contribution in [0.3, 0.4) is 0 Å². The van der Waals surface area contributed by atoms with Gasteiger partial charge in [0.2, 0.25) is 0 Å². The summed E-state index contributed by atoms with van der Waals surface area (Å²) in [6, 6.07) is 12.5. The van der Waals surface area contributed by atoms with Gasteiger partial charge in [-0.1, -0.05) is 18.2 Å². The summed E-state index contributed by atoms with van der Waals surface area (Å²) in [5.41, 5.74) is -0.135. The van der Waals surface area contributed by atoms with Crippen molar-refractivity contribution in [1.82, 2.24) is 0 Å². The molecule has 100 valence electrons. The van der Waals surface area contributed by atoms with Crippen molar-refractivity contribution in [3.8, 4) is 5.75 Å². The van der Waals surface area contributed by atoms with Crippen LogP contribution in [-0.4, -0.2) is 13.3 Å². The monoisotopic (exact) mass is 319 g/mol. The third-order valence-corrected chi connectivity index (χ3v) is 3.55. The second-order valence-corrected chi connectivity index (χ2v) is 5.15. The number of non-ortho nitro benzene ring substituents is 1. The summed E-state index contributed by atoms with van der Waals surface area (Å²) >= 11 is 0. The molecule has 2 aromatic rings. The maximum absolute atomic E-state index is 11.9. The van der Waals surface area contributed by atoms with Gasteiger partial charge in [0.25, 0.3) is 5.69 Å². The number of rotatable bonds is 4. The molecule has 8 heteroatoms. The van der Waals surface area contributed by atoms with Crippen molar-refractivity contribution in [2.24, 2.45) is 0 Å². The third kappa shape index (κ3) is 4.37. The predicted octanol–water partition coefficient (Wildman–Crippen LogP) is -0.521. The number of benzene rings is 2. The quantitative estimate of drug-likeness (QED) is 0.327. The second-order valence-electron chi connectivity index (χ2n) is 3.60. The van der Waals surface area contributed by atoms with Crippen molar-refractivity contribution < 1.29 is 70.3 Å². The minimum atomic E-state index is -3.92. The molecule has 0 amide bonds. The van der Waals surface area contributed by atoms with Crippen LogP contribution < -0.4 is 55.6 Å². The predicted molar refractivity (Wildman–Crippen MR) is 68.5 cm³/mol. The van der Waals surface area contributed by atoms with Gasteiger partial charge in [-0.15, -0.1) is 0 Å². The van der Waals surface area contributed by atoms with E-state index in [9.17, 15) is 18.5 Å². The molecule has 2 rings (SSSR count). The average molecular weight is 319 g/mol. The van der Waals surface area contributed by atoms with Gasteiger partial charge in [-0.25, -0.2) is 0 Å². The SMILES string of the molecule is O=[N+]([O-])c1ccc(OS(=O)(=O)c2ccccc2)cc1.[H-].[K+]. The summed E-state index contributed by atoms with van der Waals surface area (Å²) in [7, 11) is -3.92. The van der Waals surface area contributed by atoms with E-state index in [2.05, 4.69) is 0 Å². The molecule has 0 saturated carbocycles. The average Bonchev–Trinajstić information content (AvgIpc) is 2.40. The van der Waals surface area contributed by atoms with E-state index in [0.717, 1.165) is 0 Å². The molecular formula is C12H10KNO5S. The smallest absolute Gasteiger partial charge is 1.00 e. The molecule has 2 aromatic carbocycles. The van der Waals surface area contributed by atoms with Crippen LogP contribution in [0.15, 0.2) is 59.5 Å². The Bertz CT molecular complexity index is 691. The van der Waals surface area contributed by atoms with Crippen molar-refractivity contribution >= 4 is 15.8 Å². The molecule has 0 aliphatic carbocycles. The van der Waals surface area contributed by atoms with Gasteiger partial charge >= 0.3 is 61.5 Å². The van der Waals surface area contributed by atoms with Crippen LogP contribution in [0.2, 0.25) is 0 Å². The van der Waals surface area contributed by atoms with Crippen molar-refractivity contribution in [2.75, 3.05) is 0 Å². The van der Waals surface area contributed by atoms with E-state index in [1.54, 1.807) is 18.2 Å². The molecule has 0 aliphatic heterocycles. The molecule has 6 nitrogen and oxygen atoms in total. The van der Waals surface area contributed by atoms with Gasteiger partial charge in [0.1, 0.15) is 10.6 Å². The van der Waals surface area contributed by atoms with Gasteiger partial charge < -0.3 is 5.61 Å². The molecule has 0 radical (unpaired) electrons. The Morgan fingerprint density at radius 1 is 1.00 bits per heavy atom. The zero-order valence-corrected chi connectivity index (χ0v) is 14.5. The molecule has 0 unspecified atom stereocenters. The summed E-state index contributed by atoms with van der Waals surface area (Å²) < 4.78 is 28.6. The molecule has 0 fully saturated rings. The fourth-order valence-corrected chi connectivity index (χ4v) is 2.34. The third-order valence-electron chi connectivity index (χ3n) is 2.29. The maximum Gasteiger partial charge on any atom is 1.00 e. The van der Waals surface area contributed by atoms with Crippen LogP contribution in [0.4, 0.5) is 5.69 Å². The Labute approximate surface area is 159 Å². The first-order valence-electron chi connectivity index (χ1n) is 5.23. The number of nitro groups is 1. The Balaban J connectivity index is 0.00000200. The van der Waals surface area contributed by atoms with Crippen LogP contribution >= 0.6 is 0 Å². The van der Waals surface area contributed by atoms with Gasteiger partial charge in [0, 0.05) is 12.1 Å². The first kappa shape index (κ1) is 17.3. The minimum absolute atomic E-state index is 0. The minimum Gasteiger partial charge on any atom is -1.00 e. The van der Waals surface area contributed by atoms with Crippen LogP contribution in [-0.2, 0) is 10.1 Å². The second kappa shape index (κ2) is 7.30. The molecule has 0 N–H and O–H groups in total. The molecule has 0 atom stereocenters. The normalized spacial score (nSPS) is 10.4. The Morgan fingerprint density at radius 3 is 2.05 bits per heavy atom. The van der Waals surface area contributed by atoms with Gasteiger partial charge in [-0.05, 0) is 24.3 Å². The molecule has 0 saturated heterocycles. The summed E-state index contributed by atoms with van der Waals surface area (Å²) in [5.74, 6) is 0.0226. The van der Waals surface area contributed by atoms with Crippen LogP contribution in [0, 0.1) is 10.1 Å². The fourth-order valence-electron chi connectivity index (χ4n) is 1.39. The van der Waals surface area contributed by atoms with Crippen molar-refractivity contribution in [3.05, 3.63) is 64.7 Å². The van der Waals surface area contributed by atoms with Gasteiger partial charge in [0.05, 0.1) is 4.92 Å². The van der Waals surface area contributed by atoms with Crippen molar-refractivity contribution in [3.63, 3.8) is 0 Å². The maximum atomic E-state index is 11.9. The summed E-state index contributed by atoms with van der Waals surface area (Å²) in [4.78, 5) is 9.91. The van der Waals surface area contributed by atoms with E-state index in [1.165, 1.54) is 36.4 Å². The van der Waals surface area contributed by atoms with E-state index < -0.39 is 15.0 Å². The van der Waals surface area contributed by atoms with Crippen molar-refractivity contribution in [2.45, 2.75) is 4.90 Å². The largest absolute Gasteiger partial charge is 1.00 e. The first-order chi connectivity index (χ1) is 8.99. The zero-order chi connectivity index (χ0) is 13.9. The van der Waals surface area contributed by atoms with Gasteiger partial charge in [0.15, 0.2) is 0 Å².